The van der Waals surface area contributed by atoms with E-state index in [0.29, 0.717) is 5.92 Å². The van der Waals surface area contributed by atoms with E-state index < -0.39 is 0 Å². The Balaban J connectivity index is 1.46. The van der Waals surface area contributed by atoms with Gasteiger partial charge in [0.2, 0.25) is 0 Å². The van der Waals surface area contributed by atoms with E-state index in [1.807, 2.05) is 0 Å². The maximum atomic E-state index is 10.5. The smallest absolute Gasteiger partial charge is 0.0818 e. The molecule has 0 heterocycles. The lowest BCUT2D eigenvalue weighted by atomic mass is 9.79. The van der Waals surface area contributed by atoms with Crippen LogP contribution in [0.25, 0.3) is 0 Å². The standard InChI is InChI=1S/C17H22O/c18-17(16-9-14-8-15(14)10-16)13-6-4-12(5-7-13)11-2-1-3-11/h4-7,11,14-18H,1-3,8-10H2. The van der Waals surface area contributed by atoms with Crippen LogP contribution < -0.4 is 0 Å². The van der Waals surface area contributed by atoms with Gasteiger partial charge in [-0.3, -0.25) is 0 Å². The highest BCUT2D eigenvalue weighted by Crippen LogP contribution is 2.57. The predicted molar refractivity (Wildman–Crippen MR) is 72.3 cm³/mol. The van der Waals surface area contributed by atoms with Crippen molar-refractivity contribution in [1.82, 2.24) is 0 Å². The highest BCUT2D eigenvalue weighted by molar-refractivity contribution is 5.28. The second-order valence-corrected chi connectivity index (χ2v) is 6.73. The second-order valence-electron chi connectivity index (χ2n) is 6.73. The van der Waals surface area contributed by atoms with Crippen LogP contribution in [-0.4, -0.2) is 5.11 Å². The lowest BCUT2D eigenvalue weighted by Gasteiger charge is -2.26. The van der Waals surface area contributed by atoms with Crippen LogP contribution in [0.15, 0.2) is 24.3 Å². The summed E-state index contributed by atoms with van der Waals surface area (Å²) in [7, 11) is 0. The molecule has 3 atom stereocenters. The Morgan fingerprint density at radius 3 is 2.17 bits per heavy atom. The van der Waals surface area contributed by atoms with Gasteiger partial charge in [-0.25, -0.2) is 0 Å². The highest BCUT2D eigenvalue weighted by atomic mass is 16.3. The molecular weight excluding hydrogens is 220 g/mol. The van der Waals surface area contributed by atoms with E-state index in [4.69, 9.17) is 0 Å². The Labute approximate surface area is 109 Å². The summed E-state index contributed by atoms with van der Waals surface area (Å²) in [4.78, 5) is 0. The maximum absolute atomic E-state index is 10.5. The molecule has 0 saturated heterocycles. The molecule has 3 aliphatic carbocycles. The molecule has 1 nitrogen and oxygen atoms in total. The molecule has 3 aliphatic rings. The van der Waals surface area contributed by atoms with Gasteiger partial charge < -0.3 is 5.11 Å². The maximum Gasteiger partial charge on any atom is 0.0818 e. The third-order valence-corrected chi connectivity index (χ3v) is 5.58. The lowest BCUT2D eigenvalue weighted by Crippen LogP contribution is -2.12. The molecule has 1 N–H and O–H groups in total. The fraction of sp³-hybridized carbons (Fsp3) is 0.647. The zero-order valence-electron chi connectivity index (χ0n) is 10.9. The van der Waals surface area contributed by atoms with E-state index in [-0.39, 0.29) is 6.10 Å². The average molecular weight is 242 g/mol. The molecular formula is C17H22O. The number of rotatable bonds is 3. The summed E-state index contributed by atoms with van der Waals surface area (Å²) in [5.74, 6) is 3.25. The summed E-state index contributed by atoms with van der Waals surface area (Å²) in [5, 5.41) is 10.5. The Kier molecular flexibility index (Phi) is 2.51. The van der Waals surface area contributed by atoms with Crippen LogP contribution in [0.3, 0.4) is 0 Å². The van der Waals surface area contributed by atoms with E-state index in [1.54, 1.807) is 0 Å². The van der Waals surface area contributed by atoms with Crippen LogP contribution in [0.1, 0.15) is 61.7 Å². The van der Waals surface area contributed by atoms with Crippen molar-refractivity contribution in [3.05, 3.63) is 35.4 Å². The highest BCUT2D eigenvalue weighted by Gasteiger charge is 2.47. The van der Waals surface area contributed by atoms with Crippen molar-refractivity contribution in [2.45, 2.75) is 50.5 Å². The summed E-state index contributed by atoms with van der Waals surface area (Å²) in [6.07, 6.45) is 7.84. The van der Waals surface area contributed by atoms with Gasteiger partial charge in [-0.05, 0) is 66.9 Å². The first-order valence-electron chi connectivity index (χ1n) is 7.59. The zero-order chi connectivity index (χ0) is 12.1. The van der Waals surface area contributed by atoms with Gasteiger partial charge in [0, 0.05) is 0 Å². The Morgan fingerprint density at radius 2 is 1.61 bits per heavy atom. The van der Waals surface area contributed by atoms with Gasteiger partial charge in [0.15, 0.2) is 0 Å². The van der Waals surface area contributed by atoms with Crippen molar-refractivity contribution in [2.24, 2.45) is 17.8 Å². The number of hydrogen-bond donors (Lipinski definition) is 1. The first-order valence-corrected chi connectivity index (χ1v) is 7.59. The first-order chi connectivity index (χ1) is 8.81. The van der Waals surface area contributed by atoms with Gasteiger partial charge in [-0.1, -0.05) is 30.7 Å². The van der Waals surface area contributed by atoms with E-state index in [9.17, 15) is 5.11 Å². The molecule has 96 valence electrons. The van der Waals surface area contributed by atoms with Crippen LogP contribution in [0, 0.1) is 17.8 Å². The summed E-state index contributed by atoms with van der Waals surface area (Å²) in [6, 6.07) is 8.83. The summed E-state index contributed by atoms with van der Waals surface area (Å²) in [6.45, 7) is 0. The van der Waals surface area contributed by atoms with Crippen molar-refractivity contribution >= 4 is 0 Å². The minimum atomic E-state index is -0.215. The normalized spacial score (nSPS) is 35.9. The number of aliphatic hydroxyl groups is 1. The SMILES string of the molecule is OC(c1ccc(C2CCC2)cc1)C1CC2CC2C1. The molecule has 3 saturated carbocycles. The van der Waals surface area contributed by atoms with Gasteiger partial charge in [-0.2, -0.15) is 0 Å². The molecule has 0 aliphatic heterocycles. The number of hydrogen-bond acceptors (Lipinski definition) is 1. The molecule has 4 rings (SSSR count). The molecule has 0 aromatic heterocycles. The van der Waals surface area contributed by atoms with Crippen LogP contribution in [-0.2, 0) is 0 Å². The monoisotopic (exact) mass is 242 g/mol. The molecule has 18 heavy (non-hydrogen) atoms. The van der Waals surface area contributed by atoms with E-state index in [1.165, 1.54) is 44.1 Å². The van der Waals surface area contributed by atoms with Crippen molar-refractivity contribution < 1.29 is 5.11 Å². The van der Waals surface area contributed by atoms with Crippen LogP contribution in [0.5, 0.6) is 0 Å². The molecule has 0 spiro atoms. The van der Waals surface area contributed by atoms with E-state index >= 15 is 0 Å². The topological polar surface area (TPSA) is 20.2 Å². The summed E-state index contributed by atoms with van der Waals surface area (Å²) < 4.78 is 0. The average Bonchev–Trinajstić information content (AvgIpc) is 2.94. The van der Waals surface area contributed by atoms with Gasteiger partial charge in [0.25, 0.3) is 0 Å². The fourth-order valence-electron chi connectivity index (χ4n) is 4.00. The van der Waals surface area contributed by atoms with E-state index in [0.717, 1.165) is 23.3 Å². The van der Waals surface area contributed by atoms with Crippen molar-refractivity contribution in [3.63, 3.8) is 0 Å². The largest absolute Gasteiger partial charge is 0.388 e. The van der Waals surface area contributed by atoms with E-state index in [2.05, 4.69) is 24.3 Å². The minimum Gasteiger partial charge on any atom is -0.388 e. The van der Waals surface area contributed by atoms with Gasteiger partial charge in [0.05, 0.1) is 6.10 Å². The molecule has 3 fully saturated rings. The predicted octanol–water partition coefficient (Wildman–Crippen LogP) is 4.03. The van der Waals surface area contributed by atoms with Crippen LogP contribution in [0.4, 0.5) is 0 Å². The van der Waals surface area contributed by atoms with Gasteiger partial charge >= 0.3 is 0 Å². The second kappa shape index (κ2) is 4.09. The molecule has 0 radical (unpaired) electrons. The number of aliphatic hydroxyl groups excluding tert-OH is 1. The van der Waals surface area contributed by atoms with Crippen LogP contribution >= 0.6 is 0 Å². The fourth-order valence-corrected chi connectivity index (χ4v) is 4.00. The molecule has 3 unspecified atom stereocenters. The molecule has 1 aromatic rings. The summed E-state index contributed by atoms with van der Waals surface area (Å²) >= 11 is 0. The third-order valence-electron chi connectivity index (χ3n) is 5.58. The Hall–Kier alpha value is -0.820. The van der Waals surface area contributed by atoms with Crippen LogP contribution in [0.2, 0.25) is 0 Å². The Morgan fingerprint density at radius 1 is 0.944 bits per heavy atom. The lowest BCUT2D eigenvalue weighted by molar-refractivity contribution is 0.104. The third kappa shape index (κ3) is 1.80. The van der Waals surface area contributed by atoms with Crippen molar-refractivity contribution in [3.8, 4) is 0 Å². The minimum absolute atomic E-state index is 0.215. The molecule has 1 aromatic carbocycles. The van der Waals surface area contributed by atoms with Crippen molar-refractivity contribution in [1.29, 1.82) is 0 Å². The number of fused-ring (bicyclic) bond motifs is 1. The van der Waals surface area contributed by atoms with Gasteiger partial charge in [-0.15, -0.1) is 0 Å². The first kappa shape index (κ1) is 11.0. The molecule has 1 heteroatoms. The van der Waals surface area contributed by atoms with Gasteiger partial charge in [0.1, 0.15) is 0 Å². The Bertz CT molecular complexity index is 421. The van der Waals surface area contributed by atoms with Crippen molar-refractivity contribution in [2.75, 3.05) is 0 Å². The summed E-state index contributed by atoms with van der Waals surface area (Å²) in [5.41, 5.74) is 2.62. The molecule has 0 amide bonds. The quantitative estimate of drug-likeness (QED) is 0.848. The molecule has 0 bridgehead atoms. The zero-order valence-corrected chi connectivity index (χ0v) is 10.9. The number of benzene rings is 1.